The molecule has 0 unspecified atom stereocenters. The molecule has 0 saturated carbocycles. The number of amides is 1. The molecule has 1 fully saturated rings. The number of hydrogen-bond acceptors (Lipinski definition) is 6. The van der Waals surface area contributed by atoms with E-state index < -0.39 is 11.2 Å². The molecule has 8 nitrogen and oxygen atoms in total. The third-order valence-electron chi connectivity index (χ3n) is 7.41. The minimum atomic E-state index is -1.19. The topological polar surface area (TPSA) is 101 Å². The van der Waals surface area contributed by atoms with E-state index in [-0.39, 0.29) is 30.5 Å². The molecule has 1 spiro atoms. The lowest BCUT2D eigenvalue weighted by molar-refractivity contribution is -0.145. The van der Waals surface area contributed by atoms with Crippen molar-refractivity contribution in [2.45, 2.75) is 57.5 Å². The van der Waals surface area contributed by atoms with Gasteiger partial charge in [-0.15, -0.1) is 5.10 Å². The van der Waals surface area contributed by atoms with E-state index >= 15 is 0 Å². The molecule has 4 atom stereocenters. The third kappa shape index (κ3) is 3.86. The summed E-state index contributed by atoms with van der Waals surface area (Å²) in [6.45, 7) is 6.14. The number of hydrogen-bond donors (Lipinski definition) is 2. The van der Waals surface area contributed by atoms with E-state index in [1.807, 2.05) is 67.7 Å². The van der Waals surface area contributed by atoms with E-state index in [1.165, 1.54) is 0 Å². The summed E-state index contributed by atoms with van der Waals surface area (Å²) in [6, 6.07) is 17.4. The Morgan fingerprint density at radius 1 is 1.11 bits per heavy atom. The molecule has 5 rings (SSSR count). The number of fused-ring (bicyclic) bond motifs is 2. The number of benzene rings is 2. The molecule has 1 saturated heterocycles. The normalized spacial score (nSPS) is 26.0. The number of anilines is 2. The summed E-state index contributed by atoms with van der Waals surface area (Å²) in [4.78, 5) is 16.0. The number of ether oxygens (including phenoxy) is 1. The first-order valence-electron chi connectivity index (χ1n) is 12.2. The summed E-state index contributed by atoms with van der Waals surface area (Å²) >= 11 is 0. The van der Waals surface area contributed by atoms with E-state index in [0.29, 0.717) is 19.4 Å². The van der Waals surface area contributed by atoms with Gasteiger partial charge in [-0.05, 0) is 38.5 Å². The number of rotatable bonds is 7. The highest BCUT2D eigenvalue weighted by molar-refractivity contribution is 6.12. The highest BCUT2D eigenvalue weighted by Gasteiger charge is 2.65. The molecule has 8 heteroatoms. The molecular formula is C27H32N4O4. The summed E-state index contributed by atoms with van der Waals surface area (Å²) < 4.78 is 8.50. The van der Waals surface area contributed by atoms with Gasteiger partial charge in [0.15, 0.2) is 5.60 Å². The van der Waals surface area contributed by atoms with Crippen LogP contribution in [0.4, 0.5) is 11.4 Å². The smallest absolute Gasteiger partial charge is 0.268 e. The monoisotopic (exact) mass is 476 g/mol. The van der Waals surface area contributed by atoms with Crippen LogP contribution in [-0.4, -0.2) is 49.4 Å². The number of nitrogens with zero attached hydrogens (tertiary/aromatic N) is 4. The Kier molecular flexibility index (Phi) is 5.99. The number of carbonyl (C=O) groups excluding carboxylic acids is 1. The lowest BCUT2D eigenvalue weighted by atomic mass is 9.71. The van der Waals surface area contributed by atoms with E-state index in [1.54, 1.807) is 23.4 Å². The van der Waals surface area contributed by atoms with Crippen molar-refractivity contribution in [1.29, 1.82) is 0 Å². The molecule has 3 aromatic rings. The molecule has 1 amide bonds. The van der Waals surface area contributed by atoms with Crippen LogP contribution in [-0.2, 0) is 28.1 Å². The summed E-state index contributed by atoms with van der Waals surface area (Å²) in [6.07, 6.45) is 2.45. The van der Waals surface area contributed by atoms with Gasteiger partial charge in [0.25, 0.3) is 5.91 Å². The summed E-state index contributed by atoms with van der Waals surface area (Å²) in [7, 11) is 0. The van der Waals surface area contributed by atoms with Gasteiger partial charge in [0.05, 0.1) is 23.1 Å². The molecule has 0 aliphatic carbocycles. The highest BCUT2D eigenvalue weighted by Crippen LogP contribution is 2.58. The lowest BCUT2D eigenvalue weighted by Crippen LogP contribution is -2.45. The number of aryl methyl sites for hydroxylation is 1. The Balaban J connectivity index is 1.52. The molecular weight excluding hydrogens is 444 g/mol. The fourth-order valence-electron chi connectivity index (χ4n) is 6.00. The lowest BCUT2D eigenvalue weighted by Gasteiger charge is -2.34. The Hall–Kier alpha value is -3.07. The number of carbonyl (C=O) groups is 1. The highest BCUT2D eigenvalue weighted by atomic mass is 16.5. The molecule has 0 radical (unpaired) electrons. The molecule has 1 aromatic heterocycles. The second-order valence-corrected chi connectivity index (χ2v) is 10.1. The van der Waals surface area contributed by atoms with Crippen molar-refractivity contribution in [3.05, 3.63) is 72.1 Å². The first kappa shape index (κ1) is 23.7. The van der Waals surface area contributed by atoms with Gasteiger partial charge in [-0.1, -0.05) is 48.5 Å². The first-order valence-corrected chi connectivity index (χ1v) is 12.2. The van der Waals surface area contributed by atoms with Crippen LogP contribution in [0.3, 0.4) is 0 Å². The van der Waals surface area contributed by atoms with Gasteiger partial charge in [-0.2, -0.15) is 0 Å². The van der Waals surface area contributed by atoms with Crippen molar-refractivity contribution in [3.8, 4) is 0 Å². The maximum Gasteiger partial charge on any atom is 0.268 e. The molecule has 35 heavy (non-hydrogen) atoms. The van der Waals surface area contributed by atoms with Crippen molar-refractivity contribution in [3.63, 3.8) is 0 Å². The summed E-state index contributed by atoms with van der Waals surface area (Å²) in [5.41, 5.74) is 0.918. The molecule has 184 valence electrons. The number of aliphatic hydroxyl groups is 2. The fourth-order valence-corrected chi connectivity index (χ4v) is 6.00. The van der Waals surface area contributed by atoms with Crippen molar-refractivity contribution in [1.82, 2.24) is 15.0 Å². The Bertz CT molecular complexity index is 1210. The van der Waals surface area contributed by atoms with Crippen LogP contribution in [0.1, 0.15) is 38.4 Å². The molecule has 2 N–H and O–H groups in total. The molecule has 2 aromatic carbocycles. The van der Waals surface area contributed by atoms with Gasteiger partial charge in [-0.3, -0.25) is 14.4 Å². The van der Waals surface area contributed by atoms with Crippen LogP contribution in [0.15, 0.2) is 60.8 Å². The van der Waals surface area contributed by atoms with E-state index in [9.17, 15) is 9.90 Å². The predicted molar refractivity (Wildman–Crippen MR) is 131 cm³/mol. The van der Waals surface area contributed by atoms with Crippen LogP contribution in [0.25, 0.3) is 0 Å². The van der Waals surface area contributed by atoms with E-state index in [0.717, 1.165) is 22.6 Å². The Morgan fingerprint density at radius 2 is 1.83 bits per heavy atom. The van der Waals surface area contributed by atoms with Crippen LogP contribution in [0.5, 0.6) is 0 Å². The zero-order valence-corrected chi connectivity index (χ0v) is 20.3. The van der Waals surface area contributed by atoms with Crippen LogP contribution in [0, 0.1) is 11.8 Å². The van der Waals surface area contributed by atoms with Gasteiger partial charge in [-0.25, -0.2) is 0 Å². The second kappa shape index (κ2) is 8.86. The minimum absolute atomic E-state index is 0.0185. The quantitative estimate of drug-likeness (QED) is 0.543. The third-order valence-corrected chi connectivity index (χ3v) is 7.41. The zero-order chi connectivity index (χ0) is 24.8. The second-order valence-electron chi connectivity index (χ2n) is 10.1. The molecule has 2 aliphatic heterocycles. The van der Waals surface area contributed by atoms with Crippen molar-refractivity contribution < 1.29 is 19.7 Å². The molecule has 2 aliphatic rings. The van der Waals surface area contributed by atoms with Crippen molar-refractivity contribution >= 4 is 17.3 Å². The standard InChI is InChI=1S/C27H32N4O4/c1-18-24(26(2,3)34)23(13-15-30-17-19(14-16-32)28-29-30)35-27(18)21-11-7-8-12-22(21)31(25(27)33)20-9-5-4-6-10-20/h4-12,17-18,23-24,32,34H,13-16H2,1-3H3/t18-,23+,24-,27+/m0/s1. The van der Waals surface area contributed by atoms with Gasteiger partial charge in [0.2, 0.25) is 0 Å². The van der Waals surface area contributed by atoms with Gasteiger partial charge < -0.3 is 14.9 Å². The van der Waals surface area contributed by atoms with Gasteiger partial charge in [0, 0.05) is 48.9 Å². The Labute approximate surface area is 205 Å². The average molecular weight is 477 g/mol. The molecule has 3 heterocycles. The van der Waals surface area contributed by atoms with Crippen molar-refractivity contribution in [2.75, 3.05) is 11.5 Å². The van der Waals surface area contributed by atoms with Crippen LogP contribution < -0.4 is 4.90 Å². The van der Waals surface area contributed by atoms with Crippen molar-refractivity contribution in [2.24, 2.45) is 11.8 Å². The zero-order valence-electron chi connectivity index (χ0n) is 20.3. The number of aliphatic hydroxyl groups excluding tert-OH is 1. The summed E-state index contributed by atoms with van der Waals surface area (Å²) in [5, 5.41) is 28.6. The van der Waals surface area contributed by atoms with Crippen LogP contribution >= 0.6 is 0 Å². The maximum absolute atomic E-state index is 14.2. The van der Waals surface area contributed by atoms with Gasteiger partial charge >= 0.3 is 0 Å². The minimum Gasteiger partial charge on any atom is -0.396 e. The maximum atomic E-state index is 14.2. The number of aromatic nitrogens is 3. The fraction of sp³-hybridized carbons (Fsp3) is 0.444. The van der Waals surface area contributed by atoms with Crippen LogP contribution in [0.2, 0.25) is 0 Å². The number of para-hydroxylation sites is 2. The molecule has 0 bridgehead atoms. The first-order chi connectivity index (χ1) is 16.8. The predicted octanol–water partition coefficient (Wildman–Crippen LogP) is 3.20. The van der Waals surface area contributed by atoms with Gasteiger partial charge in [0.1, 0.15) is 0 Å². The Morgan fingerprint density at radius 3 is 2.54 bits per heavy atom. The SMILES string of the molecule is C[C@H]1[C@H](C(C)(C)O)[C@@H](CCn2cc(CCO)nn2)O[C@]12C(=O)N(c1ccccc1)c1ccccc12. The van der Waals surface area contributed by atoms with E-state index in [2.05, 4.69) is 10.3 Å². The summed E-state index contributed by atoms with van der Waals surface area (Å²) in [5.74, 6) is -0.675. The van der Waals surface area contributed by atoms with E-state index in [4.69, 9.17) is 9.84 Å². The largest absolute Gasteiger partial charge is 0.396 e. The average Bonchev–Trinajstić information content (AvgIpc) is 3.47.